The molecule has 1 heterocycles. The van der Waals surface area contributed by atoms with Crippen LogP contribution in [0, 0.1) is 11.3 Å². The first-order valence-corrected chi connectivity index (χ1v) is 7.83. The molecular formula is C14H21N3S. The molecule has 0 unspecified atom stereocenters. The standard InChI is InChI=1S/C14H21N3S/c1-17-10-11(7-13(17)8-15)9-16-12-3-5-14(18-2)6-4-12/h7,10,12,14,16H,3-6,9H2,1-2H3. The molecule has 4 heteroatoms. The fourth-order valence-corrected chi connectivity index (χ4v) is 3.35. The van der Waals surface area contributed by atoms with Gasteiger partial charge < -0.3 is 9.88 Å². The van der Waals surface area contributed by atoms with Crippen molar-refractivity contribution in [2.75, 3.05) is 6.26 Å². The van der Waals surface area contributed by atoms with Crippen LogP contribution in [-0.2, 0) is 13.6 Å². The molecule has 1 aliphatic carbocycles. The fourth-order valence-electron chi connectivity index (χ4n) is 2.61. The Balaban J connectivity index is 1.80. The predicted octanol–water partition coefficient (Wildman–Crippen LogP) is 2.66. The first-order valence-electron chi connectivity index (χ1n) is 6.54. The monoisotopic (exact) mass is 263 g/mol. The lowest BCUT2D eigenvalue weighted by atomic mass is 9.95. The van der Waals surface area contributed by atoms with E-state index < -0.39 is 0 Å². The van der Waals surface area contributed by atoms with Crippen molar-refractivity contribution in [2.24, 2.45) is 7.05 Å². The predicted molar refractivity (Wildman–Crippen MR) is 76.5 cm³/mol. The third-order valence-electron chi connectivity index (χ3n) is 3.78. The van der Waals surface area contributed by atoms with E-state index >= 15 is 0 Å². The van der Waals surface area contributed by atoms with Crippen molar-refractivity contribution >= 4 is 11.8 Å². The number of nitriles is 1. The van der Waals surface area contributed by atoms with Crippen LogP contribution < -0.4 is 5.32 Å². The summed E-state index contributed by atoms with van der Waals surface area (Å²) in [5, 5.41) is 13.4. The van der Waals surface area contributed by atoms with Crippen LogP contribution >= 0.6 is 11.8 Å². The molecule has 0 bridgehead atoms. The Kier molecular flexibility index (Phi) is 4.73. The minimum absolute atomic E-state index is 0.652. The molecule has 3 nitrogen and oxygen atoms in total. The molecule has 0 saturated heterocycles. The molecule has 0 amide bonds. The lowest BCUT2D eigenvalue weighted by Gasteiger charge is -2.28. The van der Waals surface area contributed by atoms with Crippen LogP contribution in [0.4, 0.5) is 0 Å². The van der Waals surface area contributed by atoms with E-state index in [-0.39, 0.29) is 0 Å². The van der Waals surface area contributed by atoms with Crippen molar-refractivity contribution in [3.63, 3.8) is 0 Å². The lowest BCUT2D eigenvalue weighted by molar-refractivity contribution is 0.379. The summed E-state index contributed by atoms with van der Waals surface area (Å²) in [6.45, 7) is 0.879. The highest BCUT2D eigenvalue weighted by Crippen LogP contribution is 2.26. The molecule has 0 spiro atoms. The van der Waals surface area contributed by atoms with Crippen molar-refractivity contribution in [3.8, 4) is 6.07 Å². The van der Waals surface area contributed by atoms with Gasteiger partial charge in [0.1, 0.15) is 11.8 Å². The highest BCUT2D eigenvalue weighted by atomic mass is 32.2. The largest absolute Gasteiger partial charge is 0.342 e. The molecule has 2 rings (SSSR count). The van der Waals surface area contributed by atoms with Gasteiger partial charge in [0.15, 0.2) is 0 Å². The molecule has 1 aliphatic rings. The fraction of sp³-hybridized carbons (Fsp3) is 0.643. The summed E-state index contributed by atoms with van der Waals surface area (Å²) in [7, 11) is 1.92. The van der Waals surface area contributed by atoms with Gasteiger partial charge in [-0.3, -0.25) is 0 Å². The molecule has 1 fully saturated rings. The maximum absolute atomic E-state index is 8.91. The highest BCUT2D eigenvalue weighted by molar-refractivity contribution is 7.99. The molecule has 0 radical (unpaired) electrons. The van der Waals surface area contributed by atoms with Gasteiger partial charge in [0.2, 0.25) is 0 Å². The third kappa shape index (κ3) is 3.30. The number of aromatic nitrogens is 1. The minimum atomic E-state index is 0.652. The summed E-state index contributed by atoms with van der Waals surface area (Å²) in [5.41, 5.74) is 1.94. The Morgan fingerprint density at radius 1 is 1.44 bits per heavy atom. The number of thioether (sulfide) groups is 1. The maximum Gasteiger partial charge on any atom is 0.120 e. The van der Waals surface area contributed by atoms with Gasteiger partial charge in [0.25, 0.3) is 0 Å². The van der Waals surface area contributed by atoms with E-state index in [0.717, 1.165) is 17.5 Å². The van der Waals surface area contributed by atoms with E-state index in [0.29, 0.717) is 6.04 Å². The molecule has 1 saturated carbocycles. The normalized spacial score (nSPS) is 23.8. The number of nitrogens with zero attached hydrogens (tertiary/aromatic N) is 2. The average Bonchev–Trinajstić information content (AvgIpc) is 2.77. The van der Waals surface area contributed by atoms with Crippen LogP contribution in [0.5, 0.6) is 0 Å². The molecule has 1 N–H and O–H groups in total. The van der Waals surface area contributed by atoms with Crippen molar-refractivity contribution in [3.05, 3.63) is 23.5 Å². The summed E-state index contributed by atoms with van der Waals surface area (Å²) < 4.78 is 1.89. The molecule has 0 aliphatic heterocycles. The molecule has 18 heavy (non-hydrogen) atoms. The van der Waals surface area contributed by atoms with E-state index in [2.05, 4.69) is 17.6 Å². The van der Waals surface area contributed by atoms with Crippen LogP contribution in [-0.4, -0.2) is 22.1 Å². The van der Waals surface area contributed by atoms with Crippen molar-refractivity contribution in [1.29, 1.82) is 5.26 Å². The third-order valence-corrected chi connectivity index (χ3v) is 4.92. The Labute approximate surface area is 114 Å². The number of nitrogens with one attached hydrogen (secondary N) is 1. The number of aryl methyl sites for hydroxylation is 1. The molecule has 98 valence electrons. The molecule has 1 aromatic heterocycles. The van der Waals surface area contributed by atoms with Crippen LogP contribution in [0.3, 0.4) is 0 Å². The second-order valence-electron chi connectivity index (χ2n) is 5.05. The second kappa shape index (κ2) is 6.31. The maximum atomic E-state index is 8.91. The summed E-state index contributed by atoms with van der Waals surface area (Å²) in [6, 6.07) is 4.82. The minimum Gasteiger partial charge on any atom is -0.342 e. The van der Waals surface area contributed by atoms with Crippen LogP contribution in [0.15, 0.2) is 12.3 Å². The number of hydrogen-bond acceptors (Lipinski definition) is 3. The van der Waals surface area contributed by atoms with Gasteiger partial charge in [0.05, 0.1) is 0 Å². The quantitative estimate of drug-likeness (QED) is 0.908. The van der Waals surface area contributed by atoms with Gasteiger partial charge in [-0.2, -0.15) is 17.0 Å². The van der Waals surface area contributed by atoms with Gasteiger partial charge in [-0.1, -0.05) is 0 Å². The zero-order valence-corrected chi connectivity index (χ0v) is 12.0. The first kappa shape index (κ1) is 13.5. The summed E-state index contributed by atoms with van der Waals surface area (Å²) in [6.07, 6.45) is 9.48. The smallest absolute Gasteiger partial charge is 0.120 e. The SMILES string of the molecule is CSC1CCC(NCc2cc(C#N)n(C)c2)CC1. The van der Waals surface area contributed by atoms with Gasteiger partial charge in [0, 0.05) is 31.1 Å². The van der Waals surface area contributed by atoms with Crippen molar-refractivity contribution in [1.82, 2.24) is 9.88 Å². The Morgan fingerprint density at radius 3 is 2.72 bits per heavy atom. The van der Waals surface area contributed by atoms with Crippen LogP contribution in [0.1, 0.15) is 36.9 Å². The van der Waals surface area contributed by atoms with E-state index in [9.17, 15) is 0 Å². The Bertz CT molecular complexity index is 425. The number of hydrogen-bond donors (Lipinski definition) is 1. The zero-order chi connectivity index (χ0) is 13.0. The zero-order valence-electron chi connectivity index (χ0n) is 11.1. The molecule has 0 aromatic carbocycles. The van der Waals surface area contributed by atoms with E-state index in [1.165, 1.54) is 31.2 Å². The molecule has 1 aromatic rings. The number of rotatable bonds is 4. The highest BCUT2D eigenvalue weighted by Gasteiger charge is 2.19. The summed E-state index contributed by atoms with van der Waals surface area (Å²) in [5.74, 6) is 0. The van der Waals surface area contributed by atoms with Gasteiger partial charge >= 0.3 is 0 Å². The lowest BCUT2D eigenvalue weighted by Crippen LogP contribution is -2.33. The Morgan fingerprint density at radius 2 is 2.17 bits per heavy atom. The molecular weight excluding hydrogens is 242 g/mol. The van der Waals surface area contributed by atoms with E-state index in [1.54, 1.807) is 0 Å². The van der Waals surface area contributed by atoms with Gasteiger partial charge in [-0.15, -0.1) is 0 Å². The second-order valence-corrected chi connectivity index (χ2v) is 6.18. The average molecular weight is 263 g/mol. The van der Waals surface area contributed by atoms with Gasteiger partial charge in [-0.25, -0.2) is 0 Å². The summed E-state index contributed by atoms with van der Waals surface area (Å²) >= 11 is 2.00. The van der Waals surface area contributed by atoms with E-state index in [1.807, 2.05) is 35.6 Å². The van der Waals surface area contributed by atoms with Crippen LogP contribution in [0.25, 0.3) is 0 Å². The first-order chi connectivity index (χ1) is 8.72. The topological polar surface area (TPSA) is 40.8 Å². The van der Waals surface area contributed by atoms with E-state index in [4.69, 9.17) is 5.26 Å². The van der Waals surface area contributed by atoms with Crippen molar-refractivity contribution < 1.29 is 0 Å². The van der Waals surface area contributed by atoms with Crippen LogP contribution in [0.2, 0.25) is 0 Å². The summed E-state index contributed by atoms with van der Waals surface area (Å²) in [4.78, 5) is 0. The molecule has 0 atom stereocenters. The van der Waals surface area contributed by atoms with Gasteiger partial charge in [-0.05, 0) is 43.6 Å². The van der Waals surface area contributed by atoms with Crippen molar-refractivity contribution in [2.45, 2.75) is 43.5 Å². The Hall–Kier alpha value is -0.920.